The number of hydrogen-bond donors (Lipinski definition) is 2. The van der Waals surface area contributed by atoms with Crippen molar-refractivity contribution in [3.63, 3.8) is 0 Å². The van der Waals surface area contributed by atoms with Gasteiger partial charge in [0.05, 0.1) is 6.61 Å². The number of rotatable bonds is 6. The maximum Gasteiger partial charge on any atom is 0.227 e. The van der Waals surface area contributed by atoms with Gasteiger partial charge < -0.3 is 10.1 Å². The molecule has 1 heterocycles. The fourth-order valence-corrected chi connectivity index (χ4v) is 1.96. The highest BCUT2D eigenvalue weighted by Gasteiger charge is 2.02. The van der Waals surface area contributed by atoms with Gasteiger partial charge in [-0.2, -0.15) is 0 Å². The van der Waals surface area contributed by atoms with E-state index in [-0.39, 0.29) is 0 Å². The second-order valence-corrected chi connectivity index (χ2v) is 5.16. The molecule has 22 heavy (non-hydrogen) atoms. The van der Waals surface area contributed by atoms with E-state index in [9.17, 15) is 0 Å². The second-order valence-electron chi connectivity index (χ2n) is 5.16. The summed E-state index contributed by atoms with van der Waals surface area (Å²) in [6, 6.07) is 7.77. The quantitative estimate of drug-likeness (QED) is 0.480. The van der Waals surface area contributed by atoms with Gasteiger partial charge in [0, 0.05) is 43.7 Å². The molecular formula is C16H23N5O. The highest BCUT2D eigenvalue weighted by Crippen LogP contribution is 2.18. The van der Waals surface area contributed by atoms with E-state index in [4.69, 9.17) is 10.6 Å². The third-order valence-corrected chi connectivity index (χ3v) is 3.03. The monoisotopic (exact) mass is 301 g/mol. The second kappa shape index (κ2) is 8.31. The Hall–Kier alpha value is -2.18. The molecule has 1 aliphatic rings. The molecule has 0 radical (unpaired) electrons. The van der Waals surface area contributed by atoms with Gasteiger partial charge in [-0.3, -0.25) is 10.9 Å². The van der Waals surface area contributed by atoms with E-state index in [0.717, 1.165) is 36.5 Å². The predicted molar refractivity (Wildman–Crippen MR) is 91.3 cm³/mol. The molecule has 118 valence electrons. The maximum atomic E-state index is 5.72. The first-order chi connectivity index (χ1) is 10.6. The first-order valence-electron chi connectivity index (χ1n) is 7.37. The number of nitrogens with zero attached hydrogens (tertiary/aromatic N) is 3. The van der Waals surface area contributed by atoms with Gasteiger partial charge in [0.15, 0.2) is 0 Å². The molecule has 0 aliphatic carbocycles. The van der Waals surface area contributed by atoms with Gasteiger partial charge in [0.1, 0.15) is 5.75 Å². The Balaban J connectivity index is 1.92. The van der Waals surface area contributed by atoms with Crippen LogP contribution in [0.25, 0.3) is 0 Å². The molecule has 1 aromatic rings. The van der Waals surface area contributed by atoms with Gasteiger partial charge in [-0.25, -0.2) is 9.98 Å². The molecule has 3 N–H and O–H groups in total. The molecule has 0 spiro atoms. The van der Waals surface area contributed by atoms with Crippen molar-refractivity contribution in [3.05, 3.63) is 36.0 Å². The Kier molecular flexibility index (Phi) is 6.12. The van der Waals surface area contributed by atoms with Crippen molar-refractivity contribution in [2.24, 2.45) is 15.8 Å². The summed E-state index contributed by atoms with van der Waals surface area (Å²) in [5, 5.41) is 4.86. The lowest BCUT2D eigenvalue weighted by Gasteiger charge is -2.11. The topological polar surface area (TPSA) is 75.2 Å². The Labute approximate surface area is 131 Å². The van der Waals surface area contributed by atoms with Crippen molar-refractivity contribution in [1.82, 2.24) is 5.01 Å². The van der Waals surface area contributed by atoms with Crippen LogP contribution in [0, 0.1) is 0 Å². The van der Waals surface area contributed by atoms with Crippen LogP contribution in [-0.2, 0) is 0 Å². The summed E-state index contributed by atoms with van der Waals surface area (Å²) in [6.07, 6.45) is 5.56. The number of hydrogen-bond acceptors (Lipinski definition) is 6. The number of guanidine groups is 1. The number of allylic oxidation sites excluding steroid dienone is 2. The fraction of sp³-hybridized carbons (Fsp3) is 0.375. The minimum absolute atomic E-state index is 0.591. The summed E-state index contributed by atoms with van der Waals surface area (Å²) in [5.41, 5.74) is 1.86. The number of ether oxygens (including phenoxy) is 1. The van der Waals surface area contributed by atoms with E-state index in [2.05, 4.69) is 15.3 Å². The molecule has 0 saturated carbocycles. The molecule has 0 saturated heterocycles. The molecule has 6 nitrogen and oxygen atoms in total. The van der Waals surface area contributed by atoms with Crippen LogP contribution in [0.1, 0.15) is 19.8 Å². The van der Waals surface area contributed by atoms with E-state index in [1.807, 2.05) is 50.5 Å². The molecule has 0 bridgehead atoms. The highest BCUT2D eigenvalue weighted by molar-refractivity contribution is 5.99. The molecule has 0 atom stereocenters. The third-order valence-electron chi connectivity index (χ3n) is 3.03. The van der Waals surface area contributed by atoms with Crippen LogP contribution in [0.15, 0.2) is 46.0 Å². The van der Waals surface area contributed by atoms with E-state index in [1.165, 1.54) is 0 Å². The zero-order chi connectivity index (χ0) is 15.8. The zero-order valence-corrected chi connectivity index (χ0v) is 13.1. The summed E-state index contributed by atoms with van der Waals surface area (Å²) in [6.45, 7) is 3.39. The fourth-order valence-electron chi connectivity index (χ4n) is 1.96. The summed E-state index contributed by atoms with van der Waals surface area (Å²) >= 11 is 0. The minimum atomic E-state index is 0.591. The predicted octanol–water partition coefficient (Wildman–Crippen LogP) is 2.41. The number of anilines is 1. The number of benzene rings is 1. The lowest BCUT2D eigenvalue weighted by Crippen LogP contribution is -2.27. The van der Waals surface area contributed by atoms with Crippen molar-refractivity contribution in [3.8, 4) is 5.75 Å². The number of aliphatic imine (C=N–C) groups is 2. The Morgan fingerprint density at radius 1 is 1.41 bits per heavy atom. The van der Waals surface area contributed by atoms with Crippen molar-refractivity contribution in [1.29, 1.82) is 0 Å². The van der Waals surface area contributed by atoms with Gasteiger partial charge in [0.2, 0.25) is 5.96 Å². The molecular weight excluding hydrogens is 278 g/mol. The number of hydrazine groups is 1. The highest BCUT2D eigenvalue weighted by atomic mass is 16.5. The van der Waals surface area contributed by atoms with Crippen molar-refractivity contribution < 1.29 is 4.74 Å². The Morgan fingerprint density at radius 3 is 3.09 bits per heavy atom. The average molecular weight is 301 g/mol. The zero-order valence-electron chi connectivity index (χ0n) is 13.1. The summed E-state index contributed by atoms with van der Waals surface area (Å²) in [5.74, 6) is 6.97. The molecule has 6 heteroatoms. The first-order valence-corrected chi connectivity index (χ1v) is 7.37. The van der Waals surface area contributed by atoms with E-state index in [0.29, 0.717) is 12.6 Å². The lowest BCUT2D eigenvalue weighted by molar-refractivity contribution is 0.266. The van der Waals surface area contributed by atoms with Crippen LogP contribution in [-0.4, -0.2) is 37.4 Å². The van der Waals surface area contributed by atoms with Crippen LogP contribution in [0.3, 0.4) is 0 Å². The lowest BCUT2D eigenvalue weighted by atomic mass is 10.3. The van der Waals surface area contributed by atoms with Gasteiger partial charge in [-0.15, -0.1) is 0 Å². The van der Waals surface area contributed by atoms with Crippen LogP contribution < -0.4 is 15.9 Å². The molecule has 0 aromatic heterocycles. The molecule has 2 rings (SSSR count). The van der Waals surface area contributed by atoms with Gasteiger partial charge >= 0.3 is 0 Å². The smallest absolute Gasteiger partial charge is 0.227 e. The van der Waals surface area contributed by atoms with Crippen LogP contribution in [0.4, 0.5) is 5.69 Å². The number of nitrogens with one attached hydrogen (secondary N) is 1. The van der Waals surface area contributed by atoms with E-state index in [1.54, 1.807) is 5.01 Å². The Bertz CT molecular complexity index is 578. The molecule has 0 unspecified atom stereocenters. The maximum absolute atomic E-state index is 5.72. The van der Waals surface area contributed by atoms with E-state index >= 15 is 0 Å². The summed E-state index contributed by atoms with van der Waals surface area (Å²) in [7, 11) is 1.84. The molecule has 0 fully saturated rings. The van der Waals surface area contributed by atoms with Crippen LogP contribution >= 0.6 is 0 Å². The molecule has 1 aliphatic heterocycles. The standard InChI is InChI=1S/C16H23N5O/c1-13-6-4-9-18-16(19-13)20-14-7-3-8-15(12-14)22-11-5-10-21(2)17/h3,6-9,12H,4-5,10-11,17H2,1-2H3,(H,19,20). The molecule has 1 aromatic carbocycles. The summed E-state index contributed by atoms with van der Waals surface area (Å²) in [4.78, 5) is 8.70. The average Bonchev–Trinajstić information content (AvgIpc) is 2.68. The van der Waals surface area contributed by atoms with Crippen LogP contribution in [0.5, 0.6) is 5.75 Å². The largest absolute Gasteiger partial charge is 0.493 e. The SMILES string of the molecule is CC1=CCC=NC(Nc2cccc(OCCCN(C)N)c2)=N1. The van der Waals surface area contributed by atoms with E-state index < -0.39 is 0 Å². The Morgan fingerprint density at radius 2 is 2.27 bits per heavy atom. The third kappa shape index (κ3) is 5.67. The number of nitrogens with two attached hydrogens (primary N) is 1. The van der Waals surface area contributed by atoms with Crippen molar-refractivity contribution in [2.75, 3.05) is 25.5 Å². The summed E-state index contributed by atoms with van der Waals surface area (Å²) < 4.78 is 5.72. The van der Waals surface area contributed by atoms with Crippen LogP contribution in [0.2, 0.25) is 0 Å². The minimum Gasteiger partial charge on any atom is -0.493 e. The van der Waals surface area contributed by atoms with Crippen molar-refractivity contribution >= 4 is 17.9 Å². The molecule has 0 amide bonds. The van der Waals surface area contributed by atoms with Gasteiger partial charge in [-0.1, -0.05) is 12.1 Å². The first kappa shape index (κ1) is 16.2. The van der Waals surface area contributed by atoms with Gasteiger partial charge in [0.25, 0.3) is 0 Å². The normalized spacial score (nSPS) is 14.4. The van der Waals surface area contributed by atoms with Gasteiger partial charge in [-0.05, 0) is 25.5 Å². The van der Waals surface area contributed by atoms with Crippen molar-refractivity contribution in [2.45, 2.75) is 19.8 Å².